The number of aliphatic hydroxyl groups is 3. The fraction of sp³-hybridized carbons (Fsp3) is 0.938. The average Bonchev–Trinajstić information content (AvgIpc) is 3.25. The van der Waals surface area contributed by atoms with Crippen LogP contribution in [0.2, 0.25) is 0 Å². The van der Waals surface area contributed by atoms with Crippen molar-refractivity contribution in [3.05, 3.63) is 0 Å². The van der Waals surface area contributed by atoms with Crippen LogP contribution in [0, 0.1) is 0 Å². The molecule has 0 aromatic heterocycles. The number of nitrogens with one attached hydrogen (secondary N) is 1. The van der Waals surface area contributed by atoms with Crippen molar-refractivity contribution in [3.8, 4) is 0 Å². The zero-order valence-electron chi connectivity index (χ0n) is 40.3. The van der Waals surface area contributed by atoms with Crippen molar-refractivity contribution in [2.45, 2.75) is 281 Å². The molecule has 1 saturated heterocycles. The lowest BCUT2D eigenvalue weighted by atomic mass is 9.95. The van der Waals surface area contributed by atoms with E-state index in [0.29, 0.717) is 19.3 Å². The van der Waals surface area contributed by atoms with Crippen LogP contribution in [0.4, 0.5) is 8.78 Å². The number of rotatable bonds is 42. The van der Waals surface area contributed by atoms with Gasteiger partial charge in [-0.3, -0.25) is 18.9 Å². The molecule has 1 fully saturated rings. The van der Waals surface area contributed by atoms with Gasteiger partial charge < -0.3 is 44.6 Å². The quantitative estimate of drug-likeness (QED) is 0.0191. The summed E-state index contributed by atoms with van der Waals surface area (Å²) in [4.78, 5) is 59.3. The van der Waals surface area contributed by atoms with Crippen molar-refractivity contribution >= 4 is 25.7 Å². The summed E-state index contributed by atoms with van der Waals surface area (Å²) in [6.45, 7) is 5.46. The molecule has 1 heterocycles. The number of hydrogen-bond donors (Lipinski definition) is 6. The van der Waals surface area contributed by atoms with Gasteiger partial charge in [-0.05, 0) is 25.7 Å². The van der Waals surface area contributed by atoms with Gasteiger partial charge >= 0.3 is 25.7 Å². The Morgan fingerprint density at radius 3 is 1.49 bits per heavy atom. The van der Waals surface area contributed by atoms with Gasteiger partial charge in [0.1, 0.15) is 30.5 Å². The second-order valence-corrected chi connectivity index (χ2v) is 19.4. The standard InChI is InChI=1S/C48H90F2NO13P/c1-4-7-10-13-16-19-20-23-26-29-32-35-41(54)61-38(33-30-27-24-21-17-14-11-8-5-2)36-42(55)63-45-43(46(56)62-39(37-52)44(45)64-65(58,59)60)51-47(57)48(49,50)40(53)34-31-28-25-22-18-15-12-9-6-3/h38-40,43-46,52-53,56H,4-37H2,1-3H3,(H,51,57)(H2,58,59,60)/t38-,39-,40+,43-,44-,45-,46?/m1/s1. The van der Waals surface area contributed by atoms with E-state index in [1.54, 1.807) is 0 Å². The van der Waals surface area contributed by atoms with E-state index in [1.165, 1.54) is 51.4 Å². The molecule has 0 spiro atoms. The van der Waals surface area contributed by atoms with E-state index in [9.17, 15) is 44.1 Å². The molecule has 1 aliphatic rings. The minimum Gasteiger partial charge on any atom is -0.462 e. The molecule has 65 heavy (non-hydrogen) atoms. The van der Waals surface area contributed by atoms with Crippen LogP contribution in [0.15, 0.2) is 0 Å². The van der Waals surface area contributed by atoms with Gasteiger partial charge in [0, 0.05) is 6.42 Å². The third kappa shape index (κ3) is 29.0. The van der Waals surface area contributed by atoms with E-state index in [0.717, 1.165) is 109 Å². The first kappa shape index (κ1) is 61.2. The molecular formula is C48H90F2NO13P. The molecule has 384 valence electrons. The smallest absolute Gasteiger partial charge is 0.462 e. The molecule has 1 rings (SSSR count). The number of ether oxygens (including phenoxy) is 3. The largest absolute Gasteiger partial charge is 0.470 e. The maximum Gasteiger partial charge on any atom is 0.470 e. The van der Waals surface area contributed by atoms with Crippen LogP contribution in [0.3, 0.4) is 0 Å². The van der Waals surface area contributed by atoms with E-state index in [-0.39, 0.29) is 19.3 Å². The molecule has 6 N–H and O–H groups in total. The molecule has 0 bridgehead atoms. The molecule has 0 radical (unpaired) electrons. The number of unbranched alkanes of at least 4 members (excludes halogenated alkanes) is 26. The van der Waals surface area contributed by atoms with Gasteiger partial charge in [0.2, 0.25) is 0 Å². The van der Waals surface area contributed by atoms with Crippen molar-refractivity contribution in [3.63, 3.8) is 0 Å². The van der Waals surface area contributed by atoms with Gasteiger partial charge in [-0.1, -0.05) is 194 Å². The highest BCUT2D eigenvalue weighted by molar-refractivity contribution is 7.46. The van der Waals surface area contributed by atoms with Crippen LogP contribution >= 0.6 is 7.82 Å². The fourth-order valence-corrected chi connectivity index (χ4v) is 8.90. The summed E-state index contributed by atoms with van der Waals surface area (Å²) >= 11 is 0. The lowest BCUT2D eigenvalue weighted by Crippen LogP contribution is -2.67. The number of esters is 2. The summed E-state index contributed by atoms with van der Waals surface area (Å²) in [5, 5.41) is 33.2. The third-order valence-corrected chi connectivity index (χ3v) is 12.8. The normalized spacial score (nSPS) is 20.1. The maximum atomic E-state index is 15.4. The van der Waals surface area contributed by atoms with Crippen LogP contribution in [0.25, 0.3) is 0 Å². The molecule has 1 amide bonds. The Morgan fingerprint density at radius 1 is 0.646 bits per heavy atom. The van der Waals surface area contributed by atoms with Crippen molar-refractivity contribution in [2.24, 2.45) is 0 Å². The lowest BCUT2D eigenvalue weighted by Gasteiger charge is -2.44. The van der Waals surface area contributed by atoms with Crippen LogP contribution in [-0.4, -0.2) is 98.3 Å². The third-order valence-electron chi connectivity index (χ3n) is 12.3. The first-order chi connectivity index (χ1) is 31.1. The van der Waals surface area contributed by atoms with E-state index < -0.39 is 93.9 Å². The number of carbonyl (C=O) groups excluding carboxylic acids is 3. The van der Waals surface area contributed by atoms with E-state index in [1.807, 2.05) is 5.32 Å². The van der Waals surface area contributed by atoms with Gasteiger partial charge in [-0.2, -0.15) is 8.78 Å². The highest BCUT2D eigenvalue weighted by atomic mass is 31.2. The van der Waals surface area contributed by atoms with E-state index in [4.69, 9.17) is 18.7 Å². The van der Waals surface area contributed by atoms with Gasteiger partial charge in [0.15, 0.2) is 12.4 Å². The second-order valence-electron chi connectivity index (χ2n) is 18.2. The number of alkyl halides is 2. The molecule has 0 aromatic carbocycles. The monoisotopic (exact) mass is 958 g/mol. The summed E-state index contributed by atoms with van der Waals surface area (Å²) < 4.78 is 64.3. The molecule has 0 aliphatic carbocycles. The number of carbonyl (C=O) groups is 3. The minimum atomic E-state index is -5.46. The van der Waals surface area contributed by atoms with Crippen LogP contribution in [0.1, 0.15) is 233 Å². The Morgan fingerprint density at radius 2 is 1.06 bits per heavy atom. The Bertz CT molecular complexity index is 1280. The van der Waals surface area contributed by atoms with Gasteiger partial charge in [0.05, 0.1) is 13.0 Å². The summed E-state index contributed by atoms with van der Waals surface area (Å²) in [5.74, 6) is -8.08. The molecular weight excluding hydrogens is 867 g/mol. The number of halogens is 2. The SMILES string of the molecule is CCCCCCCCCCCCCC(=O)O[C@H](CCCCCCCCCCC)CC(=O)O[C@H]1[C@H](OP(=O)(O)O)[C@@H](CO)OC(O)[C@@H]1NC(=O)C(F)(F)[C@@H](O)CCCCCCCCCCC. The van der Waals surface area contributed by atoms with E-state index >= 15 is 8.78 Å². The summed E-state index contributed by atoms with van der Waals surface area (Å²) in [6, 6.07) is -2.10. The highest BCUT2D eigenvalue weighted by Crippen LogP contribution is 2.42. The number of aliphatic hydroxyl groups excluding tert-OH is 3. The molecule has 17 heteroatoms. The summed E-state index contributed by atoms with van der Waals surface area (Å²) in [6.07, 6.45) is 17.3. The van der Waals surface area contributed by atoms with Crippen molar-refractivity contribution in [2.75, 3.05) is 6.61 Å². The Labute approximate surface area is 389 Å². The average molecular weight is 958 g/mol. The molecule has 14 nitrogen and oxygen atoms in total. The minimum absolute atomic E-state index is 0.135. The van der Waals surface area contributed by atoms with Crippen LogP contribution < -0.4 is 5.32 Å². The molecule has 0 aromatic rings. The first-order valence-electron chi connectivity index (χ1n) is 25.5. The fourth-order valence-electron chi connectivity index (χ4n) is 8.32. The number of phosphoric acid groups is 1. The van der Waals surface area contributed by atoms with Gasteiger partial charge in [-0.15, -0.1) is 0 Å². The maximum absolute atomic E-state index is 15.4. The zero-order chi connectivity index (χ0) is 48.4. The van der Waals surface area contributed by atoms with Crippen molar-refractivity contribution in [1.29, 1.82) is 0 Å². The Balaban J connectivity index is 3.05. The number of hydrogen-bond acceptors (Lipinski definition) is 11. The topological polar surface area (TPSA) is 218 Å². The van der Waals surface area contributed by atoms with Gasteiger partial charge in [0.25, 0.3) is 5.91 Å². The lowest BCUT2D eigenvalue weighted by molar-refractivity contribution is -0.257. The second kappa shape index (κ2) is 37.2. The van der Waals surface area contributed by atoms with Crippen molar-refractivity contribution in [1.82, 2.24) is 5.32 Å². The van der Waals surface area contributed by atoms with Crippen LogP contribution in [0.5, 0.6) is 0 Å². The molecule has 1 unspecified atom stereocenters. The zero-order valence-corrected chi connectivity index (χ0v) is 41.2. The molecule has 0 saturated carbocycles. The van der Waals surface area contributed by atoms with Crippen LogP contribution in [-0.2, 0) is 37.7 Å². The highest BCUT2D eigenvalue weighted by Gasteiger charge is 2.54. The summed E-state index contributed by atoms with van der Waals surface area (Å²) in [5.41, 5.74) is 0. The van der Waals surface area contributed by atoms with Gasteiger partial charge in [-0.25, -0.2) is 4.57 Å². The first-order valence-corrected chi connectivity index (χ1v) is 27.1. The predicted octanol–water partition coefficient (Wildman–Crippen LogP) is 10.4. The van der Waals surface area contributed by atoms with Crippen molar-refractivity contribution < 1.29 is 71.6 Å². The van der Waals surface area contributed by atoms with E-state index in [2.05, 4.69) is 20.8 Å². The summed E-state index contributed by atoms with van der Waals surface area (Å²) in [7, 11) is -5.46. The Kier molecular flexibility index (Phi) is 35.0. The number of phosphoric ester groups is 1. The number of amides is 1. The Hall–Kier alpha value is -1.78. The molecule has 7 atom stereocenters. The molecule has 1 aliphatic heterocycles. The predicted molar refractivity (Wildman–Crippen MR) is 247 cm³/mol.